The monoisotopic (exact) mass is 248 g/mol. The molecule has 0 aliphatic rings. The standard InChI is InChI=1S/C15H24N2O/c1-11(2)15(3,4)10-17-9-12-7-5-6-8-13(12)14(16)18/h5-8,11,17H,9-10H2,1-4H3,(H2,16,18). The highest BCUT2D eigenvalue weighted by molar-refractivity contribution is 5.94. The van der Waals surface area contributed by atoms with Crippen molar-refractivity contribution in [1.29, 1.82) is 0 Å². The van der Waals surface area contributed by atoms with E-state index in [1.165, 1.54) is 0 Å². The van der Waals surface area contributed by atoms with E-state index in [1.54, 1.807) is 6.07 Å². The molecule has 0 aliphatic heterocycles. The summed E-state index contributed by atoms with van der Waals surface area (Å²) in [4.78, 5) is 11.3. The van der Waals surface area contributed by atoms with Crippen molar-refractivity contribution >= 4 is 5.91 Å². The minimum absolute atomic E-state index is 0.238. The smallest absolute Gasteiger partial charge is 0.249 e. The Kier molecular flexibility index (Phi) is 4.91. The molecule has 3 heteroatoms. The summed E-state index contributed by atoms with van der Waals surface area (Å²) < 4.78 is 0. The second kappa shape index (κ2) is 6.01. The molecule has 3 nitrogen and oxygen atoms in total. The normalized spacial score (nSPS) is 11.8. The lowest BCUT2D eigenvalue weighted by molar-refractivity contribution is 0.0999. The molecule has 0 heterocycles. The second-order valence-corrected chi connectivity index (χ2v) is 5.77. The molecule has 1 aromatic carbocycles. The number of hydrogen-bond donors (Lipinski definition) is 2. The van der Waals surface area contributed by atoms with Crippen molar-refractivity contribution in [2.75, 3.05) is 6.54 Å². The highest BCUT2D eigenvalue weighted by atomic mass is 16.1. The maximum Gasteiger partial charge on any atom is 0.249 e. The Morgan fingerprint density at radius 3 is 2.50 bits per heavy atom. The van der Waals surface area contributed by atoms with Gasteiger partial charge in [0.1, 0.15) is 0 Å². The molecular weight excluding hydrogens is 224 g/mol. The first-order valence-corrected chi connectivity index (χ1v) is 6.43. The number of nitrogens with two attached hydrogens (primary N) is 1. The summed E-state index contributed by atoms with van der Waals surface area (Å²) in [5.74, 6) is 0.243. The molecule has 0 saturated heterocycles. The van der Waals surface area contributed by atoms with Crippen molar-refractivity contribution in [2.24, 2.45) is 17.1 Å². The molecule has 3 N–H and O–H groups in total. The summed E-state index contributed by atoms with van der Waals surface area (Å²) in [7, 11) is 0. The van der Waals surface area contributed by atoms with Crippen LogP contribution in [0, 0.1) is 11.3 Å². The molecule has 0 aliphatic carbocycles. The SMILES string of the molecule is CC(C)C(C)(C)CNCc1ccccc1C(N)=O. The lowest BCUT2D eigenvalue weighted by atomic mass is 9.81. The topological polar surface area (TPSA) is 55.1 Å². The fraction of sp³-hybridized carbons (Fsp3) is 0.533. The van der Waals surface area contributed by atoms with Crippen LogP contribution in [0.2, 0.25) is 0 Å². The van der Waals surface area contributed by atoms with E-state index < -0.39 is 0 Å². The molecule has 18 heavy (non-hydrogen) atoms. The molecule has 0 spiro atoms. The number of carbonyl (C=O) groups is 1. The number of nitrogens with one attached hydrogen (secondary N) is 1. The van der Waals surface area contributed by atoms with Gasteiger partial charge in [-0.3, -0.25) is 4.79 Å². The van der Waals surface area contributed by atoms with Gasteiger partial charge < -0.3 is 11.1 Å². The lowest BCUT2D eigenvalue weighted by Crippen LogP contribution is -2.33. The molecule has 0 saturated carbocycles. The zero-order chi connectivity index (χ0) is 13.8. The van der Waals surface area contributed by atoms with Gasteiger partial charge in [0.05, 0.1) is 0 Å². The largest absolute Gasteiger partial charge is 0.366 e. The quantitative estimate of drug-likeness (QED) is 0.813. The number of primary amides is 1. The fourth-order valence-corrected chi connectivity index (χ4v) is 1.64. The zero-order valence-corrected chi connectivity index (χ0v) is 11.8. The van der Waals surface area contributed by atoms with Crippen LogP contribution >= 0.6 is 0 Å². The first-order valence-electron chi connectivity index (χ1n) is 6.43. The fourth-order valence-electron chi connectivity index (χ4n) is 1.64. The Bertz CT molecular complexity index is 411. The summed E-state index contributed by atoms with van der Waals surface area (Å²) in [5.41, 5.74) is 7.16. The minimum atomic E-state index is -0.365. The van der Waals surface area contributed by atoms with Crippen LogP contribution < -0.4 is 11.1 Å². The van der Waals surface area contributed by atoms with Crippen molar-refractivity contribution < 1.29 is 4.79 Å². The lowest BCUT2D eigenvalue weighted by Gasteiger charge is -2.29. The maximum atomic E-state index is 11.3. The summed E-state index contributed by atoms with van der Waals surface area (Å²) in [6.45, 7) is 10.5. The number of carbonyl (C=O) groups excluding carboxylic acids is 1. The second-order valence-electron chi connectivity index (χ2n) is 5.77. The van der Waals surface area contributed by atoms with Crippen LogP contribution in [0.1, 0.15) is 43.6 Å². The van der Waals surface area contributed by atoms with Crippen LogP contribution in [-0.2, 0) is 6.54 Å². The Labute approximate surface area is 110 Å². The molecule has 0 fully saturated rings. The predicted octanol–water partition coefficient (Wildman–Crippen LogP) is 2.56. The van der Waals surface area contributed by atoms with Crippen molar-refractivity contribution in [3.8, 4) is 0 Å². The molecule has 0 unspecified atom stereocenters. The molecular formula is C15H24N2O. The van der Waals surface area contributed by atoms with Gasteiger partial charge in [-0.1, -0.05) is 45.9 Å². The number of amides is 1. The van der Waals surface area contributed by atoms with Gasteiger partial charge in [-0.05, 0) is 23.0 Å². The van der Waals surface area contributed by atoms with Crippen molar-refractivity contribution in [3.63, 3.8) is 0 Å². The van der Waals surface area contributed by atoms with Gasteiger partial charge in [0.15, 0.2) is 0 Å². The number of benzene rings is 1. The molecule has 0 aromatic heterocycles. The highest BCUT2D eigenvalue weighted by Gasteiger charge is 2.21. The Morgan fingerprint density at radius 1 is 1.33 bits per heavy atom. The van der Waals surface area contributed by atoms with E-state index in [9.17, 15) is 4.79 Å². The van der Waals surface area contributed by atoms with Gasteiger partial charge in [-0.15, -0.1) is 0 Å². The van der Waals surface area contributed by atoms with Crippen molar-refractivity contribution in [3.05, 3.63) is 35.4 Å². The summed E-state index contributed by atoms with van der Waals surface area (Å²) in [6, 6.07) is 7.47. The van der Waals surface area contributed by atoms with Gasteiger partial charge in [-0.2, -0.15) is 0 Å². The van der Waals surface area contributed by atoms with Gasteiger partial charge in [0.25, 0.3) is 0 Å². The molecule has 1 amide bonds. The third-order valence-electron chi connectivity index (χ3n) is 3.74. The Morgan fingerprint density at radius 2 is 1.94 bits per heavy atom. The van der Waals surface area contributed by atoms with E-state index in [0.717, 1.165) is 12.1 Å². The van der Waals surface area contributed by atoms with Crippen LogP contribution in [0.5, 0.6) is 0 Å². The first-order chi connectivity index (χ1) is 8.34. The number of hydrogen-bond acceptors (Lipinski definition) is 2. The van der Waals surface area contributed by atoms with Gasteiger partial charge in [-0.25, -0.2) is 0 Å². The van der Waals surface area contributed by atoms with Crippen molar-refractivity contribution in [1.82, 2.24) is 5.32 Å². The van der Waals surface area contributed by atoms with E-state index >= 15 is 0 Å². The molecule has 0 atom stereocenters. The van der Waals surface area contributed by atoms with Crippen LogP contribution in [0.3, 0.4) is 0 Å². The molecule has 1 aromatic rings. The minimum Gasteiger partial charge on any atom is -0.366 e. The predicted molar refractivity (Wildman–Crippen MR) is 75.3 cm³/mol. The molecule has 0 bridgehead atoms. The van der Waals surface area contributed by atoms with Gasteiger partial charge >= 0.3 is 0 Å². The Hall–Kier alpha value is -1.35. The maximum absolute atomic E-state index is 11.3. The van der Waals surface area contributed by atoms with Gasteiger partial charge in [0, 0.05) is 18.7 Å². The molecule has 1 rings (SSSR count). The average molecular weight is 248 g/mol. The average Bonchev–Trinajstić information content (AvgIpc) is 2.29. The summed E-state index contributed by atoms with van der Waals surface area (Å²) >= 11 is 0. The number of rotatable bonds is 6. The van der Waals surface area contributed by atoms with E-state index in [4.69, 9.17) is 5.73 Å². The van der Waals surface area contributed by atoms with Gasteiger partial charge in [0.2, 0.25) is 5.91 Å². The summed E-state index contributed by atoms with van der Waals surface area (Å²) in [6.07, 6.45) is 0. The molecule has 0 radical (unpaired) electrons. The summed E-state index contributed by atoms with van der Waals surface area (Å²) in [5, 5.41) is 3.41. The van der Waals surface area contributed by atoms with E-state index in [0.29, 0.717) is 18.0 Å². The zero-order valence-electron chi connectivity index (χ0n) is 11.8. The van der Waals surface area contributed by atoms with Crippen LogP contribution in [0.25, 0.3) is 0 Å². The highest BCUT2D eigenvalue weighted by Crippen LogP contribution is 2.24. The molecule has 100 valence electrons. The van der Waals surface area contributed by atoms with Crippen LogP contribution in [0.4, 0.5) is 0 Å². The van der Waals surface area contributed by atoms with E-state index in [1.807, 2.05) is 18.2 Å². The van der Waals surface area contributed by atoms with Crippen molar-refractivity contribution in [2.45, 2.75) is 34.2 Å². The third kappa shape index (κ3) is 3.84. The Balaban J connectivity index is 2.62. The third-order valence-corrected chi connectivity index (χ3v) is 3.74. The first kappa shape index (κ1) is 14.7. The van der Waals surface area contributed by atoms with Crippen LogP contribution in [0.15, 0.2) is 24.3 Å². The van der Waals surface area contributed by atoms with E-state index in [2.05, 4.69) is 33.0 Å². The van der Waals surface area contributed by atoms with Crippen LogP contribution in [-0.4, -0.2) is 12.5 Å². The van der Waals surface area contributed by atoms with E-state index in [-0.39, 0.29) is 11.3 Å².